The molecule has 2 aliphatic carbocycles. The molecule has 258 valence electrons. The molecule has 14 heteroatoms. The molecule has 44 heavy (non-hydrogen) atoms. The molecule has 0 aliphatic heterocycles. The van der Waals surface area contributed by atoms with Crippen molar-refractivity contribution in [1.29, 1.82) is 0 Å². The van der Waals surface area contributed by atoms with Gasteiger partial charge in [0.2, 0.25) is 0 Å². The van der Waals surface area contributed by atoms with Gasteiger partial charge < -0.3 is 29.4 Å². The molecule has 2 saturated carbocycles. The third-order valence-corrected chi connectivity index (χ3v) is 6.32. The van der Waals surface area contributed by atoms with Crippen LogP contribution < -0.4 is 5.48 Å². The summed E-state index contributed by atoms with van der Waals surface area (Å²) in [5, 5.41) is 18.1. The summed E-state index contributed by atoms with van der Waals surface area (Å²) in [4.78, 5) is 67.7. The molecule has 0 aromatic rings. The standard InChI is InChI=1S/C12H21NO4.C12H20O4.2C3H10OSi.Ti/c1-2-3-8-13-17-12(16)10-7-5-4-6-9(10)11(14)15;1-2-3-8-16-12(15)10-7-5-4-6-9(10)11(13)14;2*1-5(2,3)4;/h9-10,13H,2-8H2,1H3,(H,14,15);9-10H,2-8H2,1H3,(H,13,14);2*4H,1-3H3;. The van der Waals surface area contributed by atoms with Gasteiger partial charge in [-0.25, -0.2) is 0 Å². The van der Waals surface area contributed by atoms with Crippen molar-refractivity contribution in [2.24, 2.45) is 23.7 Å². The second kappa shape index (κ2) is 26.0. The van der Waals surface area contributed by atoms with Crippen molar-refractivity contribution >= 4 is 40.5 Å². The first-order chi connectivity index (χ1) is 19.8. The van der Waals surface area contributed by atoms with Gasteiger partial charge >= 0.3 is 23.9 Å². The summed E-state index contributed by atoms with van der Waals surface area (Å²) in [6, 6.07) is 0. The normalized spacial score (nSPS) is 21.2. The van der Waals surface area contributed by atoms with E-state index in [9.17, 15) is 19.2 Å². The SMILES string of the molecule is CCCCNOC(=O)C1CCCCC1C(=O)O.CCCCOC(=O)C1CCCCC1C(=O)O.C[Si](C)(C)O.C[Si](C)(C)O.[Ti]. The average molecular weight is 700 g/mol. The molecule has 0 radical (unpaired) electrons. The maximum atomic E-state index is 11.7. The van der Waals surface area contributed by atoms with Gasteiger partial charge in [-0.1, -0.05) is 52.4 Å². The topological polar surface area (TPSA) is 180 Å². The molecule has 4 atom stereocenters. The number of carbonyl (C=O) groups excluding carboxylic acids is 2. The first-order valence-electron chi connectivity index (χ1n) is 15.8. The molecule has 0 aromatic carbocycles. The van der Waals surface area contributed by atoms with E-state index in [1.54, 1.807) is 0 Å². The van der Waals surface area contributed by atoms with Crippen LogP contribution in [0.2, 0.25) is 39.3 Å². The van der Waals surface area contributed by atoms with Crippen molar-refractivity contribution in [2.45, 2.75) is 130 Å². The summed E-state index contributed by atoms with van der Waals surface area (Å²) in [7, 11) is -3.22. The summed E-state index contributed by atoms with van der Waals surface area (Å²) < 4.78 is 5.10. The van der Waals surface area contributed by atoms with Crippen LogP contribution in [-0.2, 0) is 50.5 Å². The Labute approximate surface area is 282 Å². The van der Waals surface area contributed by atoms with Crippen LogP contribution in [0.15, 0.2) is 0 Å². The van der Waals surface area contributed by atoms with Crippen molar-refractivity contribution < 1.29 is 70.3 Å². The van der Waals surface area contributed by atoms with Crippen LogP contribution in [0.5, 0.6) is 0 Å². The van der Waals surface area contributed by atoms with E-state index in [-0.39, 0.29) is 27.7 Å². The second-order valence-corrected chi connectivity index (χ2v) is 21.9. The van der Waals surface area contributed by atoms with E-state index in [1.807, 2.05) is 53.1 Å². The molecule has 0 saturated heterocycles. The van der Waals surface area contributed by atoms with Gasteiger partial charge in [0.15, 0.2) is 16.6 Å². The van der Waals surface area contributed by atoms with Crippen LogP contribution in [0.25, 0.3) is 0 Å². The number of aliphatic carboxylic acids is 2. The predicted octanol–water partition coefficient (Wildman–Crippen LogP) is 5.57. The summed E-state index contributed by atoms with van der Waals surface area (Å²) in [5.41, 5.74) is 2.60. The number of unbranched alkanes of at least 4 members (excludes halogenated alkanes) is 2. The Balaban J connectivity index is -0.000000577. The van der Waals surface area contributed by atoms with E-state index >= 15 is 0 Å². The zero-order chi connectivity index (χ0) is 33.6. The number of nitrogens with one attached hydrogen (secondary N) is 1. The zero-order valence-electron chi connectivity index (χ0n) is 28.4. The van der Waals surface area contributed by atoms with Crippen LogP contribution in [0, 0.1) is 23.7 Å². The van der Waals surface area contributed by atoms with Gasteiger partial charge in [0.1, 0.15) is 0 Å². The van der Waals surface area contributed by atoms with Gasteiger partial charge in [-0.15, -0.1) is 0 Å². The van der Waals surface area contributed by atoms with Gasteiger partial charge in [-0.05, 0) is 77.8 Å². The Morgan fingerprint density at radius 1 is 0.659 bits per heavy atom. The molecule has 0 amide bonds. The fraction of sp³-hybridized carbons (Fsp3) is 0.867. The van der Waals surface area contributed by atoms with Crippen molar-refractivity contribution in [2.75, 3.05) is 13.2 Å². The summed E-state index contributed by atoms with van der Waals surface area (Å²) in [5.74, 6) is -4.53. The molecule has 0 heterocycles. The third kappa shape index (κ3) is 28.4. The number of ether oxygens (including phenoxy) is 1. The van der Waals surface area contributed by atoms with E-state index < -0.39 is 58.2 Å². The van der Waals surface area contributed by atoms with Crippen LogP contribution in [0.1, 0.15) is 90.9 Å². The van der Waals surface area contributed by atoms with Gasteiger partial charge in [0.25, 0.3) is 0 Å². The Morgan fingerprint density at radius 2 is 1.00 bits per heavy atom. The van der Waals surface area contributed by atoms with E-state index in [2.05, 4.69) is 5.48 Å². The molecule has 0 aromatic heterocycles. The number of carboxylic acid groups (broad SMARTS) is 2. The summed E-state index contributed by atoms with van der Waals surface area (Å²) in [6.07, 6.45) is 9.82. The van der Waals surface area contributed by atoms with Crippen molar-refractivity contribution in [3.63, 3.8) is 0 Å². The number of rotatable bonds is 11. The fourth-order valence-electron chi connectivity index (χ4n) is 4.29. The van der Waals surface area contributed by atoms with Crippen molar-refractivity contribution in [3.05, 3.63) is 0 Å². The molecule has 2 rings (SSSR count). The van der Waals surface area contributed by atoms with Crippen LogP contribution in [0.3, 0.4) is 0 Å². The Bertz CT molecular complexity index is 782. The fourth-order valence-corrected chi connectivity index (χ4v) is 4.29. The van der Waals surface area contributed by atoms with Crippen LogP contribution >= 0.6 is 0 Å². The molecule has 11 nitrogen and oxygen atoms in total. The van der Waals surface area contributed by atoms with Crippen molar-refractivity contribution in [3.8, 4) is 0 Å². The average Bonchev–Trinajstić information content (AvgIpc) is 2.89. The van der Waals surface area contributed by atoms with Gasteiger partial charge in [-0.3, -0.25) is 19.2 Å². The maximum absolute atomic E-state index is 11.7. The maximum Gasteiger partial charge on any atom is 0.328 e. The number of carbonyl (C=O) groups is 4. The summed E-state index contributed by atoms with van der Waals surface area (Å²) in [6.45, 7) is 16.4. The Hall–Kier alpha value is -1.09. The predicted molar refractivity (Wildman–Crippen MR) is 172 cm³/mol. The minimum absolute atomic E-state index is 0. The minimum Gasteiger partial charge on any atom is -0.481 e. The van der Waals surface area contributed by atoms with E-state index in [4.69, 9.17) is 29.4 Å². The number of carboxylic acids is 2. The molecule has 4 unspecified atom stereocenters. The molecule has 0 bridgehead atoms. The first kappa shape index (κ1) is 47.3. The van der Waals surface area contributed by atoms with Crippen LogP contribution in [-0.4, -0.2) is 73.5 Å². The first-order valence-corrected chi connectivity index (χ1v) is 22.7. The van der Waals surface area contributed by atoms with Gasteiger partial charge in [-0.2, -0.15) is 5.48 Å². The molecule has 5 N–H and O–H groups in total. The largest absolute Gasteiger partial charge is 0.481 e. The van der Waals surface area contributed by atoms with Crippen molar-refractivity contribution in [1.82, 2.24) is 5.48 Å². The number of hydrogen-bond donors (Lipinski definition) is 5. The Kier molecular flexibility index (Phi) is 28.0. The smallest absolute Gasteiger partial charge is 0.328 e. The van der Waals surface area contributed by atoms with E-state index in [0.717, 1.165) is 51.4 Å². The van der Waals surface area contributed by atoms with Gasteiger partial charge in [0.05, 0.1) is 30.3 Å². The number of esters is 1. The van der Waals surface area contributed by atoms with E-state index in [0.29, 0.717) is 38.8 Å². The third-order valence-electron chi connectivity index (χ3n) is 6.32. The van der Waals surface area contributed by atoms with E-state index in [1.165, 1.54) is 0 Å². The number of hydrogen-bond acceptors (Lipinski definition) is 9. The monoisotopic (exact) mass is 699 g/mol. The quantitative estimate of drug-likeness (QED) is 0.0788. The minimum atomic E-state index is -1.61. The molecular formula is C30H61NO10Si2Ti. The van der Waals surface area contributed by atoms with Gasteiger partial charge in [0, 0.05) is 28.3 Å². The van der Waals surface area contributed by atoms with Crippen LogP contribution in [0.4, 0.5) is 0 Å². The second-order valence-electron chi connectivity index (χ2n) is 13.2. The molecule has 2 aliphatic rings. The Morgan fingerprint density at radius 3 is 1.34 bits per heavy atom. The number of hydroxylamine groups is 1. The molecular weight excluding hydrogens is 638 g/mol. The molecule has 2 fully saturated rings. The summed E-state index contributed by atoms with van der Waals surface area (Å²) >= 11 is 0. The molecule has 0 spiro atoms. The zero-order valence-corrected chi connectivity index (χ0v) is 32.0.